The van der Waals surface area contributed by atoms with E-state index in [4.69, 9.17) is 14.2 Å². The molecule has 6 saturated heterocycles. The number of rotatable bonds is 12. The zero-order valence-corrected chi connectivity index (χ0v) is 35.0. The summed E-state index contributed by atoms with van der Waals surface area (Å²) >= 11 is 0. The van der Waals surface area contributed by atoms with Crippen molar-refractivity contribution in [1.29, 1.82) is 0 Å². The number of pyridine rings is 1. The van der Waals surface area contributed by atoms with Gasteiger partial charge in [-0.05, 0) is 76.5 Å². The Balaban J connectivity index is 0.866. The minimum Gasteiger partial charge on any atom is -0.443 e. The zero-order valence-electron chi connectivity index (χ0n) is 35.0. The van der Waals surface area contributed by atoms with Crippen LogP contribution < -0.4 is 26.8 Å². The molecular weight excluding hydrogens is 811 g/mol. The molecule has 2 spiro atoms. The molecule has 23 heteroatoms. The summed E-state index contributed by atoms with van der Waals surface area (Å²) in [6.45, 7) is 3.84. The predicted octanol–water partition coefficient (Wildman–Crippen LogP) is -2.59. The Hall–Kier alpha value is -4.94. The first-order chi connectivity index (χ1) is 29.7. The van der Waals surface area contributed by atoms with Crippen molar-refractivity contribution in [2.45, 2.75) is 94.2 Å². The summed E-state index contributed by atoms with van der Waals surface area (Å²) < 4.78 is 18.6. The normalized spacial score (nSPS) is 31.2. The Morgan fingerprint density at radius 1 is 0.887 bits per heavy atom. The number of piperazine rings is 1. The summed E-state index contributed by atoms with van der Waals surface area (Å²) in [6.07, 6.45) is 6.16. The first kappa shape index (κ1) is 45.1. The third-order valence-corrected chi connectivity index (χ3v) is 12.5. The molecule has 1 aromatic heterocycles. The molecule has 6 unspecified atom stereocenters. The van der Waals surface area contributed by atoms with Crippen LogP contribution in [-0.2, 0) is 43.0 Å². The van der Waals surface area contributed by atoms with E-state index in [2.05, 4.69) is 31.8 Å². The minimum atomic E-state index is -1.65. The standard InChI is InChI=1S/C39H57BN10O12/c1-37-12-2-6-26(7-4-14-47-20-34(55)62-39(24-47)25-48-21-35(56)61-38(23-48,50(37)39)22-41-19-33(54)60-37)16-31(52)42-13-3-9-30(51)46-45-29-11-10-27(17-43-29)36(57)44-18-32(53)49-15-5-8-28(49)40(58)59/h10-11,17,26,28,41,58-59H,2-9,12-16,18-25H2,1H3,(H,42,52)(H,43,45)(H,44,57)(H,46,51)/t26?,28-,37?,38?,39?/m0/s1. The van der Waals surface area contributed by atoms with Crippen molar-refractivity contribution in [2.75, 3.05) is 77.4 Å². The monoisotopic (exact) mass is 868 g/mol. The second kappa shape index (κ2) is 19.2. The number of esters is 3. The Kier molecular flexibility index (Phi) is 14.0. The zero-order chi connectivity index (χ0) is 44.1. The third kappa shape index (κ3) is 10.5. The Morgan fingerprint density at radius 2 is 1.61 bits per heavy atom. The van der Waals surface area contributed by atoms with E-state index >= 15 is 0 Å². The molecule has 338 valence electrons. The van der Waals surface area contributed by atoms with Gasteiger partial charge in [0.2, 0.25) is 17.7 Å². The molecule has 0 aromatic carbocycles. The first-order valence-electron chi connectivity index (χ1n) is 21.5. The van der Waals surface area contributed by atoms with Crippen LogP contribution in [0.25, 0.3) is 0 Å². The van der Waals surface area contributed by atoms with Crippen LogP contribution in [0.4, 0.5) is 5.82 Å². The summed E-state index contributed by atoms with van der Waals surface area (Å²) in [5.41, 5.74) is 1.61. The van der Waals surface area contributed by atoms with Gasteiger partial charge in [-0.15, -0.1) is 0 Å². The van der Waals surface area contributed by atoms with Gasteiger partial charge >= 0.3 is 25.0 Å². The van der Waals surface area contributed by atoms with Crippen molar-refractivity contribution in [2.24, 2.45) is 5.92 Å². The van der Waals surface area contributed by atoms with Gasteiger partial charge in [0.05, 0.1) is 63.9 Å². The van der Waals surface area contributed by atoms with Gasteiger partial charge in [0, 0.05) is 38.5 Å². The van der Waals surface area contributed by atoms with Crippen LogP contribution in [0, 0.1) is 5.92 Å². The number of carbonyl (C=O) groups excluding carboxylic acids is 7. The molecule has 4 bridgehead atoms. The smallest absolute Gasteiger partial charge is 0.443 e. The van der Waals surface area contributed by atoms with Gasteiger partial charge < -0.3 is 45.1 Å². The summed E-state index contributed by atoms with van der Waals surface area (Å²) in [5, 5.41) is 27.5. The number of amides is 4. The quantitative estimate of drug-likeness (QED) is 0.0374. The fraction of sp³-hybridized carbons (Fsp3) is 0.692. The molecule has 7 atom stereocenters. The molecule has 4 amide bonds. The lowest BCUT2D eigenvalue weighted by Gasteiger charge is -2.65. The molecule has 0 radical (unpaired) electrons. The maximum absolute atomic E-state index is 13.3. The number of anilines is 1. The number of hydrazine groups is 1. The van der Waals surface area contributed by atoms with E-state index < -0.39 is 60.0 Å². The van der Waals surface area contributed by atoms with Crippen molar-refractivity contribution >= 4 is 54.5 Å². The van der Waals surface area contributed by atoms with Crippen LogP contribution >= 0.6 is 0 Å². The van der Waals surface area contributed by atoms with E-state index in [0.29, 0.717) is 64.7 Å². The first-order valence-corrected chi connectivity index (χ1v) is 21.5. The van der Waals surface area contributed by atoms with E-state index in [1.807, 2.05) is 14.7 Å². The van der Waals surface area contributed by atoms with Crippen LogP contribution in [-0.4, -0.2) is 178 Å². The predicted molar refractivity (Wildman–Crippen MR) is 216 cm³/mol. The van der Waals surface area contributed by atoms with Gasteiger partial charge in [-0.3, -0.25) is 54.2 Å². The summed E-state index contributed by atoms with van der Waals surface area (Å²) in [4.78, 5) is 101. The fourth-order valence-electron chi connectivity index (χ4n) is 10.0. The van der Waals surface area contributed by atoms with Gasteiger partial charge in [-0.2, -0.15) is 4.90 Å². The summed E-state index contributed by atoms with van der Waals surface area (Å²) in [7, 11) is -1.65. The SMILES string of the molecule is CC12CCCC(CC(=O)NCCCC(=O)NNc3ccc(C(=O)NCC(=O)N4CCC[C@H]4B(O)O)cn3)CCCN3CC(=O)OC4(C3)CN3CC(=O)OC(CNCC(=O)O1)(C3)N24. The average Bonchev–Trinajstić information content (AvgIpc) is 3.70. The molecule has 7 N–H and O–H groups in total. The van der Waals surface area contributed by atoms with E-state index in [1.54, 1.807) is 6.92 Å². The molecule has 7 rings (SSSR count). The van der Waals surface area contributed by atoms with Gasteiger partial charge in [0.1, 0.15) is 5.82 Å². The Labute approximate surface area is 359 Å². The Morgan fingerprint density at radius 3 is 2.39 bits per heavy atom. The Bertz CT molecular complexity index is 1880. The molecular formula is C39H57BN10O12. The lowest BCUT2D eigenvalue weighted by molar-refractivity contribution is -0.366. The number of ether oxygens (including phenoxy) is 3. The molecule has 1 aromatic rings. The van der Waals surface area contributed by atoms with Gasteiger partial charge in [0.15, 0.2) is 17.2 Å². The minimum absolute atomic E-state index is 0.00623. The maximum atomic E-state index is 13.3. The van der Waals surface area contributed by atoms with Crippen molar-refractivity contribution < 1.29 is 57.8 Å². The lowest BCUT2D eigenvalue weighted by Crippen LogP contribution is -2.86. The fourth-order valence-corrected chi connectivity index (χ4v) is 10.0. The molecule has 6 aliphatic heterocycles. The third-order valence-electron chi connectivity index (χ3n) is 12.5. The summed E-state index contributed by atoms with van der Waals surface area (Å²) in [6, 6.07) is 2.96. The van der Waals surface area contributed by atoms with Crippen molar-refractivity contribution in [3.63, 3.8) is 0 Å². The van der Waals surface area contributed by atoms with E-state index in [1.165, 1.54) is 23.2 Å². The van der Waals surface area contributed by atoms with Gasteiger partial charge in [-0.25, -0.2) is 4.98 Å². The maximum Gasteiger partial charge on any atom is 0.475 e. The second-order valence-corrected chi connectivity index (χ2v) is 17.3. The molecule has 22 nitrogen and oxygen atoms in total. The van der Waals surface area contributed by atoms with Crippen LogP contribution in [0.3, 0.4) is 0 Å². The second-order valence-electron chi connectivity index (χ2n) is 17.3. The highest BCUT2D eigenvalue weighted by Gasteiger charge is 2.68. The number of aromatic nitrogens is 1. The lowest BCUT2D eigenvalue weighted by atomic mass is 9.78. The molecule has 0 aliphatic carbocycles. The van der Waals surface area contributed by atoms with Crippen LogP contribution in [0.15, 0.2) is 18.3 Å². The molecule has 7 heterocycles. The van der Waals surface area contributed by atoms with Crippen molar-refractivity contribution in [1.82, 2.24) is 46.0 Å². The number of fused-ring (bicyclic) bond motifs is 2. The van der Waals surface area contributed by atoms with E-state index in [-0.39, 0.29) is 87.8 Å². The largest absolute Gasteiger partial charge is 0.475 e. The van der Waals surface area contributed by atoms with Crippen LogP contribution in [0.1, 0.15) is 81.5 Å². The highest BCUT2D eigenvalue weighted by molar-refractivity contribution is 6.43. The average molecular weight is 869 g/mol. The van der Waals surface area contributed by atoms with Gasteiger partial charge in [0.25, 0.3) is 5.91 Å². The highest BCUT2D eigenvalue weighted by Crippen LogP contribution is 2.47. The van der Waals surface area contributed by atoms with Crippen LogP contribution in [0.2, 0.25) is 0 Å². The van der Waals surface area contributed by atoms with E-state index in [9.17, 15) is 43.6 Å². The summed E-state index contributed by atoms with van der Waals surface area (Å²) in [5.74, 6) is -3.19. The number of hydrogen-bond donors (Lipinski definition) is 7. The number of carbonyl (C=O) groups is 7. The van der Waals surface area contributed by atoms with Gasteiger partial charge in [-0.1, -0.05) is 0 Å². The number of likely N-dealkylation sites (tertiary alicyclic amines) is 1. The topological polar surface area (TPSA) is 274 Å². The number of nitrogens with zero attached hydrogens (tertiary/aromatic N) is 5. The highest BCUT2D eigenvalue weighted by atomic mass is 16.6. The number of morpholine rings is 2. The molecule has 62 heavy (non-hydrogen) atoms. The molecule has 6 aliphatic rings. The van der Waals surface area contributed by atoms with E-state index in [0.717, 1.165) is 12.8 Å². The number of hydrogen-bond acceptors (Lipinski definition) is 18. The molecule has 0 saturated carbocycles. The number of nitrogens with one attached hydrogen (secondary N) is 5. The van der Waals surface area contributed by atoms with Crippen molar-refractivity contribution in [3.8, 4) is 0 Å². The molecule has 6 fully saturated rings. The van der Waals surface area contributed by atoms with Crippen LogP contribution in [0.5, 0.6) is 0 Å². The van der Waals surface area contributed by atoms with Crippen molar-refractivity contribution in [3.05, 3.63) is 23.9 Å².